The largest absolute Gasteiger partial charge is 0.497 e. The molecule has 1 aliphatic carbocycles. The van der Waals surface area contributed by atoms with Crippen LogP contribution in [0.4, 0.5) is 0 Å². The van der Waals surface area contributed by atoms with Gasteiger partial charge in [0.1, 0.15) is 5.75 Å². The van der Waals surface area contributed by atoms with Gasteiger partial charge in [0.25, 0.3) is 0 Å². The summed E-state index contributed by atoms with van der Waals surface area (Å²) in [7, 11) is 3.50. The maximum absolute atomic E-state index is 5.83. The second kappa shape index (κ2) is 7.73. The number of ether oxygens (including phenoxy) is 3. The van der Waals surface area contributed by atoms with Crippen molar-refractivity contribution in [2.75, 3.05) is 34.0 Å². The number of methoxy groups -OCH3 is 2. The molecule has 4 rings (SSSR count). The third-order valence-corrected chi connectivity index (χ3v) is 7.54. The Bertz CT molecular complexity index is 663. The number of nitrogens with one attached hydrogen (secondary N) is 1. The summed E-state index contributed by atoms with van der Waals surface area (Å²) >= 11 is 0. The Morgan fingerprint density at radius 3 is 2.81 bits per heavy atom. The zero-order valence-corrected chi connectivity index (χ0v) is 17.2. The first-order valence-electron chi connectivity index (χ1n) is 10.6. The summed E-state index contributed by atoms with van der Waals surface area (Å²) in [4.78, 5) is 0. The summed E-state index contributed by atoms with van der Waals surface area (Å²) in [6, 6.07) is 7.32. The van der Waals surface area contributed by atoms with Crippen LogP contribution in [0, 0.1) is 5.92 Å². The molecule has 3 aliphatic rings. The van der Waals surface area contributed by atoms with Crippen molar-refractivity contribution in [1.82, 2.24) is 5.32 Å². The molecule has 2 bridgehead atoms. The number of rotatable bonds is 7. The van der Waals surface area contributed by atoms with Crippen molar-refractivity contribution < 1.29 is 14.2 Å². The summed E-state index contributed by atoms with van der Waals surface area (Å²) in [6.07, 6.45) is 8.72. The normalized spacial score (nSPS) is 34.6. The molecular formula is C23H35NO3. The molecule has 0 amide bonds. The van der Waals surface area contributed by atoms with Crippen LogP contribution in [-0.2, 0) is 21.3 Å². The highest BCUT2D eigenvalue weighted by molar-refractivity contribution is 5.45. The lowest BCUT2D eigenvalue weighted by Gasteiger charge is -2.53. The smallest absolute Gasteiger partial charge is 0.119 e. The monoisotopic (exact) mass is 373 g/mol. The van der Waals surface area contributed by atoms with Gasteiger partial charge in [-0.15, -0.1) is 0 Å². The molecule has 1 aromatic rings. The lowest BCUT2D eigenvalue weighted by atomic mass is 9.60. The van der Waals surface area contributed by atoms with E-state index in [1.165, 1.54) is 44.1 Å². The van der Waals surface area contributed by atoms with Gasteiger partial charge in [0.2, 0.25) is 0 Å². The minimum atomic E-state index is 0.200. The summed E-state index contributed by atoms with van der Waals surface area (Å²) in [6.45, 7) is 4.70. The van der Waals surface area contributed by atoms with Crippen LogP contribution in [-0.4, -0.2) is 45.6 Å². The third-order valence-electron chi connectivity index (χ3n) is 7.54. The Kier molecular flexibility index (Phi) is 5.50. The van der Waals surface area contributed by atoms with Crippen LogP contribution in [0.1, 0.15) is 56.6 Å². The van der Waals surface area contributed by atoms with Gasteiger partial charge in [-0.3, -0.25) is 0 Å². The lowest BCUT2D eigenvalue weighted by molar-refractivity contribution is 0.0380. The minimum absolute atomic E-state index is 0.200. The summed E-state index contributed by atoms with van der Waals surface area (Å²) in [5, 5.41) is 4.19. The average Bonchev–Trinajstić information content (AvgIpc) is 2.82. The molecule has 0 saturated carbocycles. The van der Waals surface area contributed by atoms with Gasteiger partial charge in [0, 0.05) is 30.7 Å². The number of hydrogen-bond acceptors (Lipinski definition) is 4. The molecule has 4 nitrogen and oxygen atoms in total. The molecule has 2 fully saturated rings. The van der Waals surface area contributed by atoms with Gasteiger partial charge in [-0.1, -0.05) is 19.4 Å². The van der Waals surface area contributed by atoms with E-state index in [-0.39, 0.29) is 11.0 Å². The highest BCUT2D eigenvalue weighted by Gasteiger charge is 2.52. The summed E-state index contributed by atoms with van der Waals surface area (Å²) in [5.74, 6) is 1.74. The first kappa shape index (κ1) is 19.2. The molecule has 0 radical (unpaired) electrons. The van der Waals surface area contributed by atoms with Gasteiger partial charge >= 0.3 is 0 Å². The van der Waals surface area contributed by atoms with E-state index in [9.17, 15) is 0 Å². The van der Waals surface area contributed by atoms with Crippen LogP contribution < -0.4 is 10.1 Å². The Balaban J connectivity index is 1.56. The Morgan fingerprint density at radius 2 is 2.00 bits per heavy atom. The fraction of sp³-hybridized carbons (Fsp3) is 0.739. The molecule has 4 atom stereocenters. The molecule has 1 N–H and O–H groups in total. The molecule has 27 heavy (non-hydrogen) atoms. The van der Waals surface area contributed by atoms with E-state index >= 15 is 0 Å². The van der Waals surface area contributed by atoms with Crippen molar-refractivity contribution in [3.63, 3.8) is 0 Å². The van der Waals surface area contributed by atoms with Gasteiger partial charge in [0.05, 0.1) is 20.3 Å². The van der Waals surface area contributed by atoms with Crippen molar-refractivity contribution in [2.45, 2.75) is 68.9 Å². The topological polar surface area (TPSA) is 39.7 Å². The summed E-state index contributed by atoms with van der Waals surface area (Å²) in [5.41, 5.74) is 3.51. The SMILES string of the molecule is COCCOCCC12CCC[C@]3(C)c4cc(OC)ccc4C[C@H](CC1)[C@@H]3N2. The number of hydrogen-bond donors (Lipinski definition) is 1. The standard InChI is InChI=1S/C23H35NO3/c1-22-8-4-9-23(11-12-27-14-13-25-2)10-7-18(21(22)24-23)15-17-5-6-19(26-3)16-20(17)22/h5-6,16,18,21,24H,4,7-15H2,1-3H3/t18-,21-,22+,23?/m0/s1. The van der Waals surface area contributed by atoms with Crippen molar-refractivity contribution in [2.24, 2.45) is 5.92 Å². The number of piperidine rings is 1. The first-order valence-corrected chi connectivity index (χ1v) is 10.6. The first-order chi connectivity index (χ1) is 13.1. The zero-order valence-electron chi connectivity index (χ0n) is 17.2. The highest BCUT2D eigenvalue weighted by Crippen LogP contribution is 2.52. The predicted octanol–water partition coefficient (Wildman–Crippen LogP) is 3.85. The fourth-order valence-electron chi connectivity index (χ4n) is 6.01. The molecular weight excluding hydrogens is 338 g/mol. The van der Waals surface area contributed by atoms with Gasteiger partial charge in [-0.05, 0) is 67.7 Å². The zero-order chi connectivity index (χ0) is 18.9. The highest BCUT2D eigenvalue weighted by atomic mass is 16.5. The Labute approximate surface area is 164 Å². The maximum atomic E-state index is 5.83. The molecule has 2 heterocycles. The van der Waals surface area contributed by atoms with Gasteiger partial charge in [-0.2, -0.15) is 0 Å². The minimum Gasteiger partial charge on any atom is -0.497 e. The van der Waals surface area contributed by atoms with Crippen molar-refractivity contribution in [3.8, 4) is 5.75 Å². The van der Waals surface area contributed by atoms with Crippen LogP contribution in [0.2, 0.25) is 0 Å². The van der Waals surface area contributed by atoms with E-state index in [1.807, 2.05) is 0 Å². The molecule has 2 saturated heterocycles. The second-order valence-electron chi connectivity index (χ2n) is 9.05. The maximum Gasteiger partial charge on any atom is 0.119 e. The van der Waals surface area contributed by atoms with Crippen molar-refractivity contribution >= 4 is 0 Å². The molecule has 1 unspecified atom stereocenters. The van der Waals surface area contributed by atoms with E-state index in [1.54, 1.807) is 19.8 Å². The Hall–Kier alpha value is -1.10. The van der Waals surface area contributed by atoms with E-state index < -0.39 is 0 Å². The van der Waals surface area contributed by atoms with Crippen LogP contribution in [0.15, 0.2) is 18.2 Å². The van der Waals surface area contributed by atoms with Crippen LogP contribution in [0.25, 0.3) is 0 Å². The molecule has 150 valence electrons. The summed E-state index contributed by atoms with van der Waals surface area (Å²) < 4.78 is 16.5. The molecule has 0 spiro atoms. The fourth-order valence-corrected chi connectivity index (χ4v) is 6.01. The quantitative estimate of drug-likeness (QED) is 0.737. The number of benzene rings is 1. The van der Waals surface area contributed by atoms with Gasteiger partial charge < -0.3 is 19.5 Å². The van der Waals surface area contributed by atoms with Gasteiger partial charge in [-0.25, -0.2) is 0 Å². The Morgan fingerprint density at radius 1 is 1.11 bits per heavy atom. The van der Waals surface area contributed by atoms with Crippen LogP contribution in [0.3, 0.4) is 0 Å². The number of fused-ring (bicyclic) bond motifs is 3. The molecule has 2 aliphatic heterocycles. The van der Waals surface area contributed by atoms with Crippen molar-refractivity contribution in [3.05, 3.63) is 29.3 Å². The molecule has 0 aromatic heterocycles. The van der Waals surface area contributed by atoms with Crippen LogP contribution in [0.5, 0.6) is 5.75 Å². The third kappa shape index (κ3) is 3.52. The van der Waals surface area contributed by atoms with E-state index in [0.717, 1.165) is 24.7 Å². The average molecular weight is 374 g/mol. The van der Waals surface area contributed by atoms with Crippen molar-refractivity contribution in [1.29, 1.82) is 0 Å². The van der Waals surface area contributed by atoms with Gasteiger partial charge in [0.15, 0.2) is 0 Å². The lowest BCUT2D eigenvalue weighted by Crippen LogP contribution is -2.63. The van der Waals surface area contributed by atoms with E-state index in [2.05, 4.69) is 30.4 Å². The molecule has 1 aromatic carbocycles. The van der Waals surface area contributed by atoms with E-state index in [0.29, 0.717) is 19.3 Å². The van der Waals surface area contributed by atoms with E-state index in [4.69, 9.17) is 14.2 Å². The predicted molar refractivity (Wildman–Crippen MR) is 108 cm³/mol. The van der Waals surface area contributed by atoms with Crippen LogP contribution >= 0.6 is 0 Å². The second-order valence-corrected chi connectivity index (χ2v) is 9.05. The molecule has 4 heteroatoms.